The summed E-state index contributed by atoms with van der Waals surface area (Å²) in [6.45, 7) is 1.08. The molecule has 2 aliphatic heterocycles. The molecule has 0 aliphatic carbocycles. The zero-order valence-corrected chi connectivity index (χ0v) is 19.9. The third kappa shape index (κ3) is 4.39. The number of sulfonamides is 1. The molecule has 7 nitrogen and oxygen atoms in total. The summed E-state index contributed by atoms with van der Waals surface area (Å²) < 4.78 is 29.9. The lowest BCUT2D eigenvalue weighted by molar-refractivity contribution is -0.115. The quantitative estimate of drug-likeness (QED) is 0.427. The standard InChI is InChI=1S/C23H20N4O3S3/c28-22-20(32-23(31)24-22)14-17-15-27(18-8-2-1-3-9-18)25-21(17)16-7-6-10-19(13-16)33(29,30)26-11-4-5-12-26/h1-3,6-10,13-15H,4-5,11-12H2,(H,24,28,31)/b20-14+. The molecule has 0 atom stereocenters. The monoisotopic (exact) mass is 496 g/mol. The Labute approximate surface area is 201 Å². The van der Waals surface area contributed by atoms with Crippen molar-refractivity contribution in [3.8, 4) is 16.9 Å². The van der Waals surface area contributed by atoms with Crippen LogP contribution < -0.4 is 5.32 Å². The van der Waals surface area contributed by atoms with Gasteiger partial charge in [0.2, 0.25) is 10.0 Å². The molecule has 1 N–H and O–H groups in total. The van der Waals surface area contributed by atoms with Crippen LogP contribution in [0.15, 0.2) is 70.6 Å². The number of rotatable bonds is 5. The third-order valence-electron chi connectivity index (χ3n) is 5.50. The maximum Gasteiger partial charge on any atom is 0.263 e. The maximum absolute atomic E-state index is 13.1. The number of hydrogen-bond donors (Lipinski definition) is 1. The van der Waals surface area contributed by atoms with Crippen molar-refractivity contribution < 1.29 is 13.2 Å². The summed E-state index contributed by atoms with van der Waals surface area (Å²) in [4.78, 5) is 13.0. The van der Waals surface area contributed by atoms with E-state index in [1.165, 1.54) is 16.1 Å². The minimum atomic E-state index is -3.57. The molecule has 0 spiro atoms. The van der Waals surface area contributed by atoms with Crippen LogP contribution in [0.1, 0.15) is 18.4 Å². The molecule has 3 heterocycles. The van der Waals surface area contributed by atoms with Crippen molar-refractivity contribution in [2.75, 3.05) is 13.1 Å². The fourth-order valence-electron chi connectivity index (χ4n) is 3.87. The molecular formula is C23H20N4O3S3. The van der Waals surface area contributed by atoms with E-state index in [1.807, 2.05) is 42.6 Å². The van der Waals surface area contributed by atoms with Crippen molar-refractivity contribution in [1.82, 2.24) is 19.4 Å². The Bertz CT molecular complexity index is 1370. The molecule has 2 fully saturated rings. The number of hydrogen-bond acceptors (Lipinski definition) is 6. The van der Waals surface area contributed by atoms with Gasteiger partial charge in [-0.25, -0.2) is 13.1 Å². The van der Waals surface area contributed by atoms with Crippen LogP contribution in [-0.2, 0) is 14.8 Å². The van der Waals surface area contributed by atoms with E-state index in [0.29, 0.717) is 39.1 Å². The summed E-state index contributed by atoms with van der Waals surface area (Å²) in [5.41, 5.74) is 2.78. The van der Waals surface area contributed by atoms with Crippen molar-refractivity contribution in [3.63, 3.8) is 0 Å². The molecule has 10 heteroatoms. The van der Waals surface area contributed by atoms with Crippen LogP contribution in [0, 0.1) is 0 Å². The average Bonchev–Trinajstić information content (AvgIpc) is 3.56. The Balaban J connectivity index is 1.61. The van der Waals surface area contributed by atoms with Crippen LogP contribution in [0.4, 0.5) is 0 Å². The molecule has 1 aromatic heterocycles. The van der Waals surface area contributed by atoms with Crippen molar-refractivity contribution in [3.05, 3.63) is 71.3 Å². The average molecular weight is 497 g/mol. The highest BCUT2D eigenvalue weighted by Gasteiger charge is 2.28. The first-order chi connectivity index (χ1) is 15.9. The SMILES string of the molecule is O=C1NC(=S)S/C1=C/c1cn(-c2ccccc2)nc1-c1cccc(S(=O)(=O)N2CCCC2)c1. The fourth-order valence-corrected chi connectivity index (χ4v) is 6.47. The maximum atomic E-state index is 13.1. The molecule has 1 amide bonds. The number of nitrogens with one attached hydrogen (secondary N) is 1. The molecule has 2 aliphatic rings. The topological polar surface area (TPSA) is 84.3 Å². The molecule has 0 unspecified atom stereocenters. The van der Waals surface area contributed by atoms with Gasteiger partial charge >= 0.3 is 0 Å². The van der Waals surface area contributed by atoms with Gasteiger partial charge in [-0.15, -0.1) is 0 Å². The molecule has 33 heavy (non-hydrogen) atoms. The predicted octanol–water partition coefficient (Wildman–Crippen LogP) is 3.81. The molecular weight excluding hydrogens is 476 g/mol. The number of carbonyl (C=O) groups is 1. The molecule has 168 valence electrons. The number of para-hydroxylation sites is 1. The number of carbonyl (C=O) groups excluding carboxylic acids is 1. The number of amides is 1. The van der Waals surface area contributed by atoms with Crippen molar-refractivity contribution in [1.29, 1.82) is 0 Å². The van der Waals surface area contributed by atoms with Gasteiger partial charge in [0.1, 0.15) is 10.0 Å². The van der Waals surface area contributed by atoms with Gasteiger partial charge in [-0.1, -0.05) is 54.3 Å². The second-order valence-corrected chi connectivity index (χ2v) is 11.4. The number of nitrogens with zero attached hydrogens (tertiary/aromatic N) is 3. The van der Waals surface area contributed by atoms with Crippen LogP contribution in [0.3, 0.4) is 0 Å². The largest absolute Gasteiger partial charge is 0.307 e. The minimum absolute atomic E-state index is 0.240. The molecule has 0 radical (unpaired) electrons. The van der Waals surface area contributed by atoms with E-state index in [1.54, 1.807) is 29.0 Å². The summed E-state index contributed by atoms with van der Waals surface area (Å²) in [5.74, 6) is -0.256. The summed E-state index contributed by atoms with van der Waals surface area (Å²) in [5, 5.41) is 7.37. The van der Waals surface area contributed by atoms with Crippen LogP contribution >= 0.6 is 24.0 Å². The lowest BCUT2D eigenvalue weighted by Crippen LogP contribution is -2.27. The smallest absolute Gasteiger partial charge is 0.263 e. The number of aromatic nitrogens is 2. The van der Waals surface area contributed by atoms with Gasteiger partial charge in [0.05, 0.1) is 15.5 Å². The zero-order chi connectivity index (χ0) is 23.0. The van der Waals surface area contributed by atoms with Gasteiger partial charge in [0.15, 0.2) is 0 Å². The summed E-state index contributed by atoms with van der Waals surface area (Å²) in [6, 6.07) is 16.4. The summed E-state index contributed by atoms with van der Waals surface area (Å²) in [7, 11) is -3.57. The van der Waals surface area contributed by atoms with Gasteiger partial charge in [-0.05, 0) is 43.2 Å². The molecule has 0 saturated carbocycles. The Hall–Kier alpha value is -2.79. The molecule has 0 bridgehead atoms. The highest BCUT2D eigenvalue weighted by molar-refractivity contribution is 8.26. The van der Waals surface area contributed by atoms with Gasteiger partial charge in [-0.3, -0.25) is 4.79 Å². The van der Waals surface area contributed by atoms with Crippen LogP contribution in [0.25, 0.3) is 23.0 Å². The Kier molecular flexibility index (Phi) is 5.92. The molecule has 2 saturated heterocycles. The normalized spacial score (nSPS) is 18.2. The van der Waals surface area contributed by atoms with E-state index in [0.717, 1.165) is 18.5 Å². The van der Waals surface area contributed by atoms with Crippen molar-refractivity contribution >= 4 is 50.3 Å². The lowest BCUT2D eigenvalue weighted by atomic mass is 10.1. The molecule has 3 aromatic rings. The number of thioether (sulfide) groups is 1. The number of thiocarbonyl (C=S) groups is 1. The highest BCUT2D eigenvalue weighted by Crippen LogP contribution is 2.32. The van der Waals surface area contributed by atoms with E-state index in [4.69, 9.17) is 17.3 Å². The van der Waals surface area contributed by atoms with Crippen LogP contribution in [0.2, 0.25) is 0 Å². The van der Waals surface area contributed by atoms with Gasteiger partial charge < -0.3 is 5.32 Å². The lowest BCUT2D eigenvalue weighted by Gasteiger charge is -2.15. The fraction of sp³-hybridized carbons (Fsp3) is 0.174. The van der Waals surface area contributed by atoms with Crippen molar-refractivity contribution in [2.45, 2.75) is 17.7 Å². The van der Waals surface area contributed by atoms with Gasteiger partial charge in [0.25, 0.3) is 5.91 Å². The van der Waals surface area contributed by atoms with E-state index in [2.05, 4.69) is 5.32 Å². The first-order valence-electron chi connectivity index (χ1n) is 10.4. The van der Waals surface area contributed by atoms with E-state index < -0.39 is 10.0 Å². The Morgan fingerprint density at radius 1 is 1.06 bits per heavy atom. The number of benzene rings is 2. The van der Waals surface area contributed by atoms with Crippen molar-refractivity contribution in [2.24, 2.45) is 0 Å². The second kappa shape index (κ2) is 8.86. The van der Waals surface area contributed by atoms with Crippen LogP contribution in [-0.4, -0.2) is 45.8 Å². The Morgan fingerprint density at radius 2 is 1.82 bits per heavy atom. The van der Waals surface area contributed by atoms with E-state index in [9.17, 15) is 13.2 Å². The molecule has 5 rings (SSSR count). The summed E-state index contributed by atoms with van der Waals surface area (Å²) >= 11 is 6.30. The first kappa shape index (κ1) is 22.0. The zero-order valence-electron chi connectivity index (χ0n) is 17.5. The third-order valence-corrected chi connectivity index (χ3v) is 8.56. The summed E-state index contributed by atoms with van der Waals surface area (Å²) in [6.07, 6.45) is 5.32. The van der Waals surface area contributed by atoms with Gasteiger partial charge in [0, 0.05) is 30.4 Å². The second-order valence-electron chi connectivity index (χ2n) is 7.70. The highest BCUT2D eigenvalue weighted by atomic mass is 32.2. The van der Waals surface area contributed by atoms with E-state index >= 15 is 0 Å². The predicted molar refractivity (Wildman–Crippen MR) is 133 cm³/mol. The first-order valence-corrected chi connectivity index (χ1v) is 13.1. The van der Waals surface area contributed by atoms with Crippen LogP contribution in [0.5, 0.6) is 0 Å². The minimum Gasteiger partial charge on any atom is -0.307 e. The Morgan fingerprint density at radius 3 is 2.52 bits per heavy atom. The van der Waals surface area contributed by atoms with E-state index in [-0.39, 0.29) is 10.8 Å². The van der Waals surface area contributed by atoms with Gasteiger partial charge in [-0.2, -0.15) is 9.40 Å². The molecule has 2 aromatic carbocycles.